The second-order valence-corrected chi connectivity index (χ2v) is 7.05. The molecule has 1 heterocycles. The highest BCUT2D eigenvalue weighted by molar-refractivity contribution is 9.11. The third kappa shape index (κ3) is 2.90. The van der Waals surface area contributed by atoms with E-state index in [1.165, 1.54) is 16.7 Å². The van der Waals surface area contributed by atoms with Crippen LogP contribution in [0.25, 0.3) is 0 Å². The van der Waals surface area contributed by atoms with Crippen LogP contribution in [-0.2, 0) is 6.42 Å². The Balaban J connectivity index is 1.95. The third-order valence-corrected chi connectivity index (χ3v) is 5.40. The molecule has 0 fully saturated rings. The van der Waals surface area contributed by atoms with E-state index in [0.717, 1.165) is 34.7 Å². The van der Waals surface area contributed by atoms with Gasteiger partial charge in [0, 0.05) is 9.50 Å². The first-order valence-corrected chi connectivity index (χ1v) is 8.58. The molecular formula is C16H13Br2ClO. The molecule has 0 saturated heterocycles. The first kappa shape index (κ1) is 14.4. The van der Waals surface area contributed by atoms with Crippen molar-refractivity contribution in [1.82, 2.24) is 0 Å². The number of alkyl halides is 1. The smallest absolute Gasteiger partial charge is 0.122 e. The highest BCUT2D eigenvalue weighted by Crippen LogP contribution is 2.38. The lowest BCUT2D eigenvalue weighted by Gasteiger charge is -2.20. The minimum atomic E-state index is 0.140. The molecule has 1 aliphatic heterocycles. The van der Waals surface area contributed by atoms with E-state index in [-0.39, 0.29) is 4.83 Å². The molecule has 0 aliphatic carbocycles. The Morgan fingerprint density at radius 2 is 2.00 bits per heavy atom. The van der Waals surface area contributed by atoms with Gasteiger partial charge < -0.3 is 4.74 Å². The van der Waals surface area contributed by atoms with Crippen LogP contribution in [0.15, 0.2) is 40.9 Å². The van der Waals surface area contributed by atoms with Gasteiger partial charge in [-0.2, -0.15) is 0 Å². The van der Waals surface area contributed by atoms with Gasteiger partial charge in [0.1, 0.15) is 5.75 Å². The molecule has 0 bridgehead atoms. The van der Waals surface area contributed by atoms with E-state index in [0.29, 0.717) is 0 Å². The Morgan fingerprint density at radius 3 is 2.80 bits per heavy atom. The molecule has 1 nitrogen and oxygen atoms in total. The van der Waals surface area contributed by atoms with Crippen molar-refractivity contribution in [2.24, 2.45) is 0 Å². The van der Waals surface area contributed by atoms with Crippen LogP contribution in [0, 0.1) is 0 Å². The quantitative estimate of drug-likeness (QED) is 0.553. The molecule has 0 saturated carbocycles. The molecule has 104 valence electrons. The zero-order valence-corrected chi connectivity index (χ0v) is 14.6. The molecule has 0 aromatic heterocycles. The molecule has 1 unspecified atom stereocenters. The summed E-state index contributed by atoms with van der Waals surface area (Å²) >= 11 is 13.4. The molecule has 2 aromatic carbocycles. The first-order chi connectivity index (χ1) is 9.65. The Morgan fingerprint density at radius 1 is 1.15 bits per heavy atom. The number of rotatable bonds is 2. The standard InChI is InChI=1S/C16H13Br2ClO/c17-14-9-12(19)4-5-13(14)16(18)11-3-6-15-10(8-11)2-1-7-20-15/h3-6,8-9,16H,1-2,7H2. The second-order valence-electron chi connectivity index (χ2n) is 4.85. The van der Waals surface area contributed by atoms with Crippen molar-refractivity contribution in [1.29, 1.82) is 0 Å². The van der Waals surface area contributed by atoms with Crippen LogP contribution >= 0.6 is 43.5 Å². The lowest BCUT2D eigenvalue weighted by atomic mass is 9.99. The maximum atomic E-state index is 6.00. The van der Waals surface area contributed by atoms with Crippen LogP contribution in [-0.4, -0.2) is 6.61 Å². The van der Waals surface area contributed by atoms with Gasteiger partial charge in [-0.15, -0.1) is 0 Å². The number of benzene rings is 2. The van der Waals surface area contributed by atoms with Gasteiger partial charge in [0.05, 0.1) is 11.4 Å². The summed E-state index contributed by atoms with van der Waals surface area (Å²) in [4.78, 5) is 0.140. The van der Waals surface area contributed by atoms with Crippen LogP contribution in [0.2, 0.25) is 5.02 Å². The number of hydrogen-bond donors (Lipinski definition) is 0. The van der Waals surface area contributed by atoms with Crippen molar-refractivity contribution in [3.05, 3.63) is 62.6 Å². The van der Waals surface area contributed by atoms with Crippen molar-refractivity contribution in [3.8, 4) is 5.75 Å². The highest BCUT2D eigenvalue weighted by Gasteiger charge is 2.17. The summed E-state index contributed by atoms with van der Waals surface area (Å²) in [6, 6.07) is 12.3. The fraction of sp³-hybridized carbons (Fsp3) is 0.250. The topological polar surface area (TPSA) is 9.23 Å². The Kier molecular flexibility index (Phi) is 4.39. The molecule has 3 rings (SSSR count). The second kappa shape index (κ2) is 6.08. The van der Waals surface area contributed by atoms with E-state index in [1.807, 2.05) is 18.2 Å². The summed E-state index contributed by atoms with van der Waals surface area (Å²) in [6.45, 7) is 0.826. The van der Waals surface area contributed by atoms with E-state index in [4.69, 9.17) is 16.3 Å². The Bertz CT molecular complexity index is 642. The van der Waals surface area contributed by atoms with Gasteiger partial charge in [-0.05, 0) is 47.7 Å². The summed E-state index contributed by atoms with van der Waals surface area (Å²) in [7, 11) is 0. The molecule has 0 amide bonds. The van der Waals surface area contributed by atoms with Crippen LogP contribution in [0.1, 0.15) is 27.9 Å². The zero-order valence-electron chi connectivity index (χ0n) is 10.7. The fourth-order valence-corrected chi connectivity index (χ4v) is 4.33. The summed E-state index contributed by atoms with van der Waals surface area (Å²) in [5, 5.41) is 0.735. The van der Waals surface area contributed by atoms with Crippen LogP contribution < -0.4 is 4.74 Å². The number of fused-ring (bicyclic) bond motifs is 1. The Labute approximate surface area is 140 Å². The number of aryl methyl sites for hydroxylation is 1. The van der Waals surface area contributed by atoms with E-state index in [1.54, 1.807) is 0 Å². The Hall–Kier alpha value is -0.510. The molecule has 0 N–H and O–H groups in total. The van der Waals surface area contributed by atoms with E-state index in [2.05, 4.69) is 50.1 Å². The van der Waals surface area contributed by atoms with Gasteiger partial charge in [0.25, 0.3) is 0 Å². The van der Waals surface area contributed by atoms with Crippen molar-refractivity contribution < 1.29 is 4.74 Å². The van der Waals surface area contributed by atoms with Gasteiger partial charge in [-0.1, -0.05) is 61.7 Å². The molecule has 2 aromatic rings. The number of ether oxygens (including phenoxy) is 1. The van der Waals surface area contributed by atoms with Crippen LogP contribution in [0.3, 0.4) is 0 Å². The van der Waals surface area contributed by atoms with Crippen molar-refractivity contribution in [2.75, 3.05) is 6.61 Å². The molecule has 4 heteroatoms. The fourth-order valence-electron chi connectivity index (χ4n) is 2.42. The van der Waals surface area contributed by atoms with Crippen molar-refractivity contribution in [2.45, 2.75) is 17.7 Å². The molecule has 0 spiro atoms. The van der Waals surface area contributed by atoms with Gasteiger partial charge in [-0.3, -0.25) is 0 Å². The SMILES string of the molecule is Clc1ccc(C(Br)c2ccc3c(c2)CCCO3)c(Br)c1. The number of hydrogen-bond acceptors (Lipinski definition) is 1. The lowest BCUT2D eigenvalue weighted by Crippen LogP contribution is -2.09. The van der Waals surface area contributed by atoms with Gasteiger partial charge in [0.2, 0.25) is 0 Å². The first-order valence-electron chi connectivity index (χ1n) is 6.50. The third-order valence-electron chi connectivity index (χ3n) is 3.46. The average Bonchev–Trinajstić information content (AvgIpc) is 2.46. The monoisotopic (exact) mass is 414 g/mol. The maximum absolute atomic E-state index is 6.00. The van der Waals surface area contributed by atoms with Gasteiger partial charge in [-0.25, -0.2) is 0 Å². The summed E-state index contributed by atoms with van der Waals surface area (Å²) in [6.07, 6.45) is 2.18. The predicted molar refractivity (Wildman–Crippen MR) is 90.2 cm³/mol. The summed E-state index contributed by atoms with van der Waals surface area (Å²) in [5.74, 6) is 1.02. The molecule has 0 radical (unpaired) electrons. The largest absolute Gasteiger partial charge is 0.493 e. The highest BCUT2D eigenvalue weighted by atomic mass is 79.9. The molecule has 20 heavy (non-hydrogen) atoms. The van der Waals surface area contributed by atoms with E-state index < -0.39 is 0 Å². The zero-order chi connectivity index (χ0) is 14.1. The van der Waals surface area contributed by atoms with Crippen LogP contribution in [0.5, 0.6) is 5.75 Å². The summed E-state index contributed by atoms with van der Waals surface area (Å²) in [5.41, 5.74) is 3.70. The van der Waals surface area contributed by atoms with Crippen molar-refractivity contribution >= 4 is 43.5 Å². The van der Waals surface area contributed by atoms with Gasteiger partial charge >= 0.3 is 0 Å². The lowest BCUT2D eigenvalue weighted by molar-refractivity contribution is 0.288. The average molecular weight is 417 g/mol. The molecular weight excluding hydrogens is 403 g/mol. The normalized spacial score (nSPS) is 15.3. The summed E-state index contributed by atoms with van der Waals surface area (Å²) < 4.78 is 6.68. The number of halogens is 3. The minimum absolute atomic E-state index is 0.140. The van der Waals surface area contributed by atoms with E-state index >= 15 is 0 Å². The minimum Gasteiger partial charge on any atom is -0.493 e. The predicted octanol–water partition coefficient (Wildman–Crippen LogP) is 5.91. The maximum Gasteiger partial charge on any atom is 0.122 e. The molecule has 1 aliphatic rings. The van der Waals surface area contributed by atoms with E-state index in [9.17, 15) is 0 Å². The molecule has 1 atom stereocenters. The van der Waals surface area contributed by atoms with Crippen LogP contribution in [0.4, 0.5) is 0 Å². The van der Waals surface area contributed by atoms with Gasteiger partial charge in [0.15, 0.2) is 0 Å². The van der Waals surface area contributed by atoms with Crippen molar-refractivity contribution in [3.63, 3.8) is 0 Å².